The van der Waals surface area contributed by atoms with E-state index in [4.69, 9.17) is 4.42 Å². The maximum absolute atomic E-state index is 10.9. The average molecular weight is 191 g/mol. The van der Waals surface area contributed by atoms with Crippen molar-refractivity contribution < 1.29 is 4.42 Å². The summed E-state index contributed by atoms with van der Waals surface area (Å²) in [5.74, 6) is 0.222. The van der Waals surface area contributed by atoms with Gasteiger partial charge in [0.1, 0.15) is 0 Å². The molecule has 14 heavy (non-hydrogen) atoms. The van der Waals surface area contributed by atoms with Crippen LogP contribution in [-0.2, 0) is 6.42 Å². The molecule has 0 fully saturated rings. The molecule has 74 valence electrons. The van der Waals surface area contributed by atoms with Crippen LogP contribution in [0.15, 0.2) is 27.4 Å². The first-order chi connectivity index (χ1) is 6.65. The van der Waals surface area contributed by atoms with E-state index in [9.17, 15) is 4.79 Å². The van der Waals surface area contributed by atoms with Gasteiger partial charge >= 0.3 is 5.76 Å². The van der Waals surface area contributed by atoms with Gasteiger partial charge in [-0.05, 0) is 30.0 Å². The SMILES string of the molecule is CC(C)Cc1ccc2[nH]c(=O)oc2c1. The zero-order chi connectivity index (χ0) is 10.1. The molecule has 3 heteroatoms. The standard InChI is InChI=1S/C11H13NO2/c1-7(2)5-8-3-4-9-10(6-8)14-11(13)12-9/h3-4,6-7H,5H2,1-2H3,(H,12,13). The van der Waals surface area contributed by atoms with E-state index in [1.807, 2.05) is 18.2 Å². The summed E-state index contributed by atoms with van der Waals surface area (Å²) in [5, 5.41) is 0. The quantitative estimate of drug-likeness (QED) is 0.791. The Kier molecular flexibility index (Phi) is 2.15. The third kappa shape index (κ3) is 1.71. The van der Waals surface area contributed by atoms with E-state index < -0.39 is 0 Å². The molecule has 0 amide bonds. The smallest absolute Gasteiger partial charge is 0.408 e. The first-order valence-electron chi connectivity index (χ1n) is 4.77. The molecule has 0 aliphatic carbocycles. The first kappa shape index (κ1) is 9.06. The van der Waals surface area contributed by atoms with E-state index in [-0.39, 0.29) is 5.76 Å². The highest BCUT2D eigenvalue weighted by Crippen LogP contribution is 2.15. The summed E-state index contributed by atoms with van der Waals surface area (Å²) in [6.07, 6.45) is 1.00. The highest BCUT2D eigenvalue weighted by Gasteiger charge is 2.03. The Balaban J connectivity index is 2.45. The Morgan fingerprint density at radius 2 is 2.21 bits per heavy atom. The largest absolute Gasteiger partial charge is 0.417 e. The van der Waals surface area contributed by atoms with E-state index in [0.717, 1.165) is 11.9 Å². The summed E-state index contributed by atoms with van der Waals surface area (Å²) in [6.45, 7) is 4.33. The van der Waals surface area contributed by atoms with Gasteiger partial charge in [0, 0.05) is 0 Å². The lowest BCUT2D eigenvalue weighted by atomic mass is 10.0. The second kappa shape index (κ2) is 3.33. The number of H-pyrrole nitrogens is 1. The number of nitrogens with one attached hydrogen (secondary N) is 1. The second-order valence-electron chi connectivity index (χ2n) is 3.94. The molecular weight excluding hydrogens is 178 g/mol. The Hall–Kier alpha value is -1.51. The highest BCUT2D eigenvalue weighted by atomic mass is 16.4. The second-order valence-corrected chi connectivity index (χ2v) is 3.94. The molecule has 3 nitrogen and oxygen atoms in total. The first-order valence-corrected chi connectivity index (χ1v) is 4.77. The summed E-state index contributed by atoms with van der Waals surface area (Å²) >= 11 is 0. The van der Waals surface area contributed by atoms with Crippen molar-refractivity contribution in [2.75, 3.05) is 0 Å². The predicted octanol–water partition coefficient (Wildman–Crippen LogP) is 2.32. The molecule has 1 heterocycles. The number of rotatable bonds is 2. The molecule has 1 aromatic carbocycles. The van der Waals surface area contributed by atoms with Crippen molar-refractivity contribution in [2.45, 2.75) is 20.3 Å². The van der Waals surface area contributed by atoms with Gasteiger partial charge in [-0.1, -0.05) is 19.9 Å². The van der Waals surface area contributed by atoms with Crippen LogP contribution in [0.3, 0.4) is 0 Å². The van der Waals surface area contributed by atoms with E-state index in [1.54, 1.807) is 0 Å². The van der Waals surface area contributed by atoms with Gasteiger partial charge in [0.15, 0.2) is 5.58 Å². The summed E-state index contributed by atoms with van der Waals surface area (Å²) in [5.41, 5.74) is 2.62. The predicted molar refractivity (Wildman–Crippen MR) is 55.4 cm³/mol. The van der Waals surface area contributed by atoms with Gasteiger partial charge in [0.2, 0.25) is 0 Å². The number of aromatic nitrogens is 1. The van der Waals surface area contributed by atoms with Gasteiger partial charge in [-0.2, -0.15) is 0 Å². The maximum atomic E-state index is 10.9. The van der Waals surface area contributed by atoms with Crippen molar-refractivity contribution in [1.82, 2.24) is 4.98 Å². The fourth-order valence-corrected chi connectivity index (χ4v) is 1.59. The molecule has 1 aromatic heterocycles. The molecule has 2 aromatic rings. The summed E-state index contributed by atoms with van der Waals surface area (Å²) in [6, 6.07) is 5.83. The third-order valence-corrected chi connectivity index (χ3v) is 2.13. The van der Waals surface area contributed by atoms with Crippen LogP contribution in [0.25, 0.3) is 11.1 Å². The van der Waals surface area contributed by atoms with Gasteiger partial charge in [0.05, 0.1) is 5.52 Å². The fourth-order valence-electron chi connectivity index (χ4n) is 1.59. The van der Waals surface area contributed by atoms with Crippen LogP contribution in [-0.4, -0.2) is 4.98 Å². The van der Waals surface area contributed by atoms with Crippen molar-refractivity contribution in [2.24, 2.45) is 5.92 Å². The number of hydrogen-bond acceptors (Lipinski definition) is 2. The molecule has 0 atom stereocenters. The van der Waals surface area contributed by atoms with Crippen molar-refractivity contribution in [3.63, 3.8) is 0 Å². The normalized spacial score (nSPS) is 11.4. The van der Waals surface area contributed by atoms with Crippen LogP contribution in [0.4, 0.5) is 0 Å². The monoisotopic (exact) mass is 191 g/mol. The molecule has 0 saturated carbocycles. The van der Waals surface area contributed by atoms with Crippen molar-refractivity contribution >= 4 is 11.1 Å². The summed E-state index contributed by atoms with van der Waals surface area (Å²) in [7, 11) is 0. The van der Waals surface area contributed by atoms with Crippen molar-refractivity contribution in [1.29, 1.82) is 0 Å². The van der Waals surface area contributed by atoms with Crippen LogP contribution < -0.4 is 5.76 Å². The van der Waals surface area contributed by atoms with Crippen molar-refractivity contribution in [3.8, 4) is 0 Å². The third-order valence-electron chi connectivity index (χ3n) is 2.13. The lowest BCUT2D eigenvalue weighted by molar-refractivity contribution is 0.554. The number of hydrogen-bond donors (Lipinski definition) is 1. The lowest BCUT2D eigenvalue weighted by Crippen LogP contribution is -1.93. The minimum Gasteiger partial charge on any atom is -0.408 e. The van der Waals surface area contributed by atoms with Crippen molar-refractivity contribution in [3.05, 3.63) is 34.3 Å². The molecule has 0 radical (unpaired) electrons. The molecule has 0 aliphatic heterocycles. The van der Waals surface area contributed by atoms with Gasteiger partial charge in [-0.3, -0.25) is 4.98 Å². The fraction of sp³-hybridized carbons (Fsp3) is 0.364. The zero-order valence-corrected chi connectivity index (χ0v) is 8.33. The molecular formula is C11H13NO2. The van der Waals surface area contributed by atoms with Gasteiger partial charge < -0.3 is 4.42 Å². The van der Waals surface area contributed by atoms with Gasteiger partial charge in [0.25, 0.3) is 0 Å². The number of fused-ring (bicyclic) bond motifs is 1. The molecule has 0 spiro atoms. The molecule has 0 aliphatic rings. The molecule has 1 N–H and O–H groups in total. The summed E-state index contributed by atoms with van der Waals surface area (Å²) < 4.78 is 4.98. The summed E-state index contributed by atoms with van der Waals surface area (Å²) in [4.78, 5) is 13.5. The van der Waals surface area contributed by atoms with Gasteiger partial charge in [-0.25, -0.2) is 4.79 Å². The van der Waals surface area contributed by atoms with Crippen LogP contribution in [0.1, 0.15) is 19.4 Å². The maximum Gasteiger partial charge on any atom is 0.417 e. The van der Waals surface area contributed by atoms with Crippen LogP contribution >= 0.6 is 0 Å². The Labute approximate surface area is 81.7 Å². The zero-order valence-electron chi connectivity index (χ0n) is 8.33. The van der Waals surface area contributed by atoms with Gasteiger partial charge in [-0.15, -0.1) is 0 Å². The topological polar surface area (TPSA) is 46.0 Å². The number of benzene rings is 1. The van der Waals surface area contributed by atoms with Crippen LogP contribution in [0, 0.1) is 5.92 Å². The average Bonchev–Trinajstić information content (AvgIpc) is 2.42. The van der Waals surface area contributed by atoms with Crippen LogP contribution in [0.5, 0.6) is 0 Å². The highest BCUT2D eigenvalue weighted by molar-refractivity contribution is 5.72. The lowest BCUT2D eigenvalue weighted by Gasteiger charge is -2.03. The van der Waals surface area contributed by atoms with E-state index >= 15 is 0 Å². The Morgan fingerprint density at radius 1 is 1.43 bits per heavy atom. The van der Waals surface area contributed by atoms with E-state index in [1.165, 1.54) is 5.56 Å². The molecule has 0 saturated heterocycles. The Morgan fingerprint density at radius 3 is 2.93 bits per heavy atom. The van der Waals surface area contributed by atoms with Crippen LogP contribution in [0.2, 0.25) is 0 Å². The van der Waals surface area contributed by atoms with E-state index in [2.05, 4.69) is 18.8 Å². The Bertz CT molecular complexity index is 493. The molecule has 2 rings (SSSR count). The molecule has 0 bridgehead atoms. The molecule has 0 unspecified atom stereocenters. The minimum atomic E-state index is -0.387. The number of aromatic amines is 1. The van der Waals surface area contributed by atoms with E-state index in [0.29, 0.717) is 11.5 Å². The minimum absolute atomic E-state index is 0.387. The number of oxazole rings is 1.